The molecule has 1 heterocycles. The summed E-state index contributed by atoms with van der Waals surface area (Å²) in [6.45, 7) is 1.62. The largest absolute Gasteiger partial charge is 0.494 e. The summed E-state index contributed by atoms with van der Waals surface area (Å²) in [5.74, 6) is -0.589. The summed E-state index contributed by atoms with van der Waals surface area (Å²) in [4.78, 5) is 35.6. The number of rotatable bonds is 3. The van der Waals surface area contributed by atoms with Gasteiger partial charge in [0.05, 0.1) is 21.2 Å². The first kappa shape index (κ1) is 14.8. The molecule has 8 nitrogen and oxygen atoms in total. The third kappa shape index (κ3) is 2.52. The molecule has 0 amide bonds. The minimum Gasteiger partial charge on any atom is -0.494 e. The molecule has 0 radical (unpaired) electrons. The third-order valence-corrected chi connectivity index (χ3v) is 3.23. The summed E-state index contributed by atoms with van der Waals surface area (Å²) in [5.41, 5.74) is -2.05. The van der Waals surface area contributed by atoms with E-state index in [-0.39, 0.29) is 28.4 Å². The van der Waals surface area contributed by atoms with E-state index in [0.717, 1.165) is 10.6 Å². The number of H-pyrrole nitrogens is 1. The molecule has 2 rings (SSSR count). The van der Waals surface area contributed by atoms with Gasteiger partial charge in [0.15, 0.2) is 0 Å². The van der Waals surface area contributed by atoms with Crippen molar-refractivity contribution in [3.8, 4) is 11.6 Å². The zero-order valence-electron chi connectivity index (χ0n) is 10.8. The van der Waals surface area contributed by atoms with Crippen LogP contribution in [-0.2, 0) is 6.42 Å². The monoisotopic (exact) mass is 311 g/mol. The Morgan fingerprint density at radius 2 is 2.10 bits per heavy atom. The van der Waals surface area contributed by atoms with Crippen molar-refractivity contribution in [2.45, 2.75) is 13.3 Å². The highest BCUT2D eigenvalue weighted by atomic mass is 35.5. The first-order valence-electron chi connectivity index (χ1n) is 5.88. The Hall–Kier alpha value is -2.61. The van der Waals surface area contributed by atoms with Crippen LogP contribution in [0, 0.1) is 10.1 Å². The van der Waals surface area contributed by atoms with E-state index in [9.17, 15) is 24.8 Å². The average molecular weight is 312 g/mol. The van der Waals surface area contributed by atoms with Crippen LogP contribution in [0.15, 0.2) is 27.8 Å². The van der Waals surface area contributed by atoms with Crippen LogP contribution in [0.25, 0.3) is 5.69 Å². The van der Waals surface area contributed by atoms with Crippen molar-refractivity contribution in [2.75, 3.05) is 0 Å². The van der Waals surface area contributed by atoms with E-state index in [1.54, 1.807) is 6.92 Å². The second kappa shape index (κ2) is 5.41. The lowest BCUT2D eigenvalue weighted by Crippen LogP contribution is -2.31. The molecule has 0 aliphatic rings. The van der Waals surface area contributed by atoms with Gasteiger partial charge in [-0.3, -0.25) is 19.9 Å². The number of halogens is 1. The molecule has 0 spiro atoms. The molecule has 9 heteroatoms. The lowest BCUT2D eigenvalue weighted by Gasteiger charge is -2.11. The van der Waals surface area contributed by atoms with Crippen LogP contribution >= 0.6 is 11.6 Å². The Kier molecular flexibility index (Phi) is 3.81. The molecule has 0 atom stereocenters. The first-order valence-corrected chi connectivity index (χ1v) is 6.26. The van der Waals surface area contributed by atoms with E-state index >= 15 is 0 Å². The van der Waals surface area contributed by atoms with Gasteiger partial charge in [-0.25, -0.2) is 9.36 Å². The normalized spacial score (nSPS) is 10.6. The van der Waals surface area contributed by atoms with Gasteiger partial charge in [-0.05, 0) is 12.5 Å². The van der Waals surface area contributed by atoms with E-state index in [2.05, 4.69) is 0 Å². The molecule has 110 valence electrons. The summed E-state index contributed by atoms with van der Waals surface area (Å²) in [6.07, 6.45) is 0.175. The van der Waals surface area contributed by atoms with Gasteiger partial charge >= 0.3 is 5.69 Å². The van der Waals surface area contributed by atoms with Crippen molar-refractivity contribution >= 4 is 17.3 Å². The summed E-state index contributed by atoms with van der Waals surface area (Å²) in [6, 6.07) is 3.44. The number of non-ortho nitro benzene ring substituents is 1. The summed E-state index contributed by atoms with van der Waals surface area (Å²) >= 11 is 5.93. The summed E-state index contributed by atoms with van der Waals surface area (Å²) < 4.78 is 0.732. The van der Waals surface area contributed by atoms with Crippen molar-refractivity contribution in [2.24, 2.45) is 0 Å². The topological polar surface area (TPSA) is 118 Å². The Balaban J connectivity index is 2.85. The number of benzene rings is 1. The number of nitro groups is 1. The molecule has 0 bridgehead atoms. The van der Waals surface area contributed by atoms with Crippen molar-refractivity contribution in [3.05, 3.63) is 59.7 Å². The number of aromatic amines is 1. The number of aromatic hydroxyl groups is 1. The molecule has 2 N–H and O–H groups in total. The van der Waals surface area contributed by atoms with Crippen molar-refractivity contribution in [3.63, 3.8) is 0 Å². The zero-order chi connectivity index (χ0) is 15.7. The predicted octanol–water partition coefficient (Wildman–Crippen LogP) is 1.36. The Labute approximate surface area is 122 Å². The second-order valence-electron chi connectivity index (χ2n) is 4.14. The fourth-order valence-corrected chi connectivity index (χ4v) is 2.09. The van der Waals surface area contributed by atoms with E-state index in [1.165, 1.54) is 12.1 Å². The fraction of sp³-hybridized carbons (Fsp3) is 0.167. The summed E-state index contributed by atoms with van der Waals surface area (Å²) in [5, 5.41) is 20.9. The highest BCUT2D eigenvalue weighted by molar-refractivity contribution is 6.32. The highest BCUT2D eigenvalue weighted by Gasteiger charge is 2.18. The molecule has 0 unspecified atom stereocenters. The molecular weight excluding hydrogens is 302 g/mol. The lowest BCUT2D eigenvalue weighted by atomic mass is 10.2. The van der Waals surface area contributed by atoms with Crippen molar-refractivity contribution < 1.29 is 10.0 Å². The number of aromatic nitrogens is 2. The van der Waals surface area contributed by atoms with Gasteiger partial charge in [0.1, 0.15) is 0 Å². The van der Waals surface area contributed by atoms with Crippen LogP contribution in [0.4, 0.5) is 5.69 Å². The molecular formula is C12H10ClN3O5. The molecule has 0 aliphatic carbocycles. The van der Waals surface area contributed by atoms with Crippen molar-refractivity contribution in [1.82, 2.24) is 9.55 Å². The maximum Gasteiger partial charge on any atom is 0.335 e. The standard InChI is InChI=1S/C12H10ClN3O5/c1-2-7-10(17)14-12(19)15(11(7)18)9-5-6(16(20)21)3-4-8(9)13/h3-5,18H,2H2,1H3,(H,14,17,19). The molecule has 0 saturated heterocycles. The lowest BCUT2D eigenvalue weighted by molar-refractivity contribution is -0.384. The van der Waals surface area contributed by atoms with Gasteiger partial charge in [0, 0.05) is 12.1 Å². The number of nitrogens with zero attached hydrogens (tertiary/aromatic N) is 2. The van der Waals surface area contributed by atoms with Gasteiger partial charge in [-0.2, -0.15) is 0 Å². The first-order chi connectivity index (χ1) is 9.86. The number of hydrogen-bond acceptors (Lipinski definition) is 5. The van der Waals surface area contributed by atoms with Gasteiger partial charge in [-0.1, -0.05) is 18.5 Å². The Morgan fingerprint density at radius 3 is 2.67 bits per heavy atom. The smallest absolute Gasteiger partial charge is 0.335 e. The molecule has 21 heavy (non-hydrogen) atoms. The van der Waals surface area contributed by atoms with Crippen molar-refractivity contribution in [1.29, 1.82) is 0 Å². The highest BCUT2D eigenvalue weighted by Crippen LogP contribution is 2.27. The van der Waals surface area contributed by atoms with Crippen LogP contribution in [0.1, 0.15) is 12.5 Å². The van der Waals surface area contributed by atoms with Gasteiger partial charge in [0.2, 0.25) is 5.88 Å². The molecule has 1 aromatic heterocycles. The van der Waals surface area contributed by atoms with E-state index in [1.807, 2.05) is 4.98 Å². The maximum absolute atomic E-state index is 11.9. The molecule has 0 aliphatic heterocycles. The third-order valence-electron chi connectivity index (χ3n) is 2.91. The summed E-state index contributed by atoms with van der Waals surface area (Å²) in [7, 11) is 0. The minimum absolute atomic E-state index is 0.0165. The maximum atomic E-state index is 11.9. The molecule has 2 aromatic rings. The van der Waals surface area contributed by atoms with Crippen LogP contribution < -0.4 is 11.2 Å². The average Bonchev–Trinajstić information content (AvgIpc) is 2.40. The van der Waals surface area contributed by atoms with Crippen LogP contribution in [0.3, 0.4) is 0 Å². The Bertz CT molecular complexity index is 840. The number of hydrogen-bond donors (Lipinski definition) is 2. The molecule has 1 aromatic carbocycles. The van der Waals surface area contributed by atoms with Crippen LogP contribution in [0.2, 0.25) is 5.02 Å². The van der Waals surface area contributed by atoms with Gasteiger partial charge < -0.3 is 5.11 Å². The van der Waals surface area contributed by atoms with E-state index < -0.39 is 22.1 Å². The van der Waals surface area contributed by atoms with Gasteiger partial charge in [-0.15, -0.1) is 0 Å². The van der Waals surface area contributed by atoms with E-state index in [4.69, 9.17) is 11.6 Å². The SMILES string of the molecule is CCc1c(O)n(-c2cc([N+](=O)[O-])ccc2Cl)c(=O)[nH]c1=O. The van der Waals surface area contributed by atoms with E-state index in [0.29, 0.717) is 0 Å². The predicted molar refractivity (Wildman–Crippen MR) is 75.4 cm³/mol. The van der Waals surface area contributed by atoms with Crippen LogP contribution in [-0.4, -0.2) is 19.6 Å². The van der Waals surface area contributed by atoms with Crippen LogP contribution in [0.5, 0.6) is 5.88 Å². The second-order valence-corrected chi connectivity index (χ2v) is 4.55. The minimum atomic E-state index is -0.933. The fourth-order valence-electron chi connectivity index (χ4n) is 1.89. The zero-order valence-corrected chi connectivity index (χ0v) is 11.5. The molecule has 0 saturated carbocycles. The number of nitrogens with one attached hydrogen (secondary N) is 1. The Morgan fingerprint density at radius 1 is 1.43 bits per heavy atom. The number of nitro benzene ring substituents is 1. The quantitative estimate of drug-likeness (QED) is 0.655. The van der Waals surface area contributed by atoms with Gasteiger partial charge in [0.25, 0.3) is 11.2 Å². The molecule has 0 fully saturated rings.